The van der Waals surface area contributed by atoms with E-state index in [1.165, 1.54) is 23.6 Å². The Hall–Kier alpha value is -2.80. The second kappa shape index (κ2) is 5.68. The van der Waals surface area contributed by atoms with Crippen LogP contribution in [-0.4, -0.2) is 20.9 Å². The topological polar surface area (TPSA) is 87.7 Å². The van der Waals surface area contributed by atoms with Crippen molar-refractivity contribution in [3.8, 4) is 11.3 Å². The molecule has 3 aromatic rings. The Labute approximate surface area is 123 Å². The highest BCUT2D eigenvalue weighted by molar-refractivity contribution is 7.14. The van der Waals surface area contributed by atoms with E-state index in [1.807, 2.05) is 17.5 Å². The fourth-order valence-electron chi connectivity index (χ4n) is 1.75. The smallest absolute Gasteiger partial charge is 0.263 e. The van der Waals surface area contributed by atoms with Crippen LogP contribution < -0.4 is 10.9 Å². The number of amides is 1. The van der Waals surface area contributed by atoms with Crippen molar-refractivity contribution in [2.24, 2.45) is 0 Å². The molecule has 6 nitrogen and oxygen atoms in total. The number of aromatic nitrogens is 3. The number of nitrogens with zero attached hydrogens (tertiary/aromatic N) is 2. The molecule has 0 aliphatic rings. The molecule has 21 heavy (non-hydrogen) atoms. The average Bonchev–Trinajstić information content (AvgIpc) is 2.97. The summed E-state index contributed by atoms with van der Waals surface area (Å²) < 4.78 is 0. The summed E-state index contributed by atoms with van der Waals surface area (Å²) in [5.74, 6) is -0.479. The number of carbonyl (C=O) groups is 1. The molecule has 7 heteroatoms. The quantitative estimate of drug-likeness (QED) is 0.775. The van der Waals surface area contributed by atoms with E-state index < -0.39 is 11.5 Å². The molecule has 3 rings (SSSR count). The summed E-state index contributed by atoms with van der Waals surface area (Å²) in [5, 5.41) is 4.90. The van der Waals surface area contributed by atoms with Crippen molar-refractivity contribution >= 4 is 22.4 Å². The molecule has 104 valence electrons. The number of carbonyl (C=O) groups excluding carboxylic acids is 1. The standard InChI is InChI=1S/C14H10N4O2S/c19-12-10(2-1-5-16-12)13(20)18-14-17-11(8-21-14)9-3-6-15-7-4-9/h1-8H,(H,16,19)(H,17,18,20). The first kappa shape index (κ1) is 13.2. The lowest BCUT2D eigenvalue weighted by molar-refractivity contribution is 0.102. The minimum atomic E-state index is -0.479. The Morgan fingerprint density at radius 2 is 2.05 bits per heavy atom. The highest BCUT2D eigenvalue weighted by Gasteiger charge is 2.12. The van der Waals surface area contributed by atoms with Crippen LogP contribution in [0.25, 0.3) is 11.3 Å². The van der Waals surface area contributed by atoms with Crippen molar-refractivity contribution in [2.75, 3.05) is 5.32 Å². The Morgan fingerprint density at radius 1 is 1.24 bits per heavy atom. The Morgan fingerprint density at radius 3 is 2.81 bits per heavy atom. The molecule has 0 aliphatic carbocycles. The van der Waals surface area contributed by atoms with Crippen LogP contribution in [0.3, 0.4) is 0 Å². The molecule has 0 aromatic carbocycles. The minimum absolute atomic E-state index is 0.0539. The predicted molar refractivity (Wildman–Crippen MR) is 80.4 cm³/mol. The molecule has 3 aromatic heterocycles. The highest BCUT2D eigenvalue weighted by atomic mass is 32.1. The number of aromatic amines is 1. The van der Waals surface area contributed by atoms with E-state index in [1.54, 1.807) is 18.5 Å². The van der Waals surface area contributed by atoms with Gasteiger partial charge in [-0.3, -0.25) is 19.9 Å². The van der Waals surface area contributed by atoms with Crippen molar-refractivity contribution in [1.29, 1.82) is 0 Å². The third kappa shape index (κ3) is 2.87. The summed E-state index contributed by atoms with van der Waals surface area (Å²) >= 11 is 1.30. The van der Waals surface area contributed by atoms with Crippen molar-refractivity contribution in [2.45, 2.75) is 0 Å². The van der Waals surface area contributed by atoms with Gasteiger partial charge in [-0.1, -0.05) is 0 Å². The van der Waals surface area contributed by atoms with E-state index in [9.17, 15) is 9.59 Å². The van der Waals surface area contributed by atoms with Gasteiger partial charge in [0.05, 0.1) is 5.69 Å². The molecular formula is C14H10N4O2S. The van der Waals surface area contributed by atoms with E-state index >= 15 is 0 Å². The summed E-state index contributed by atoms with van der Waals surface area (Å²) in [6, 6.07) is 6.73. The maximum absolute atomic E-state index is 12.0. The van der Waals surface area contributed by atoms with Gasteiger partial charge in [-0.15, -0.1) is 11.3 Å². The molecule has 2 N–H and O–H groups in total. The van der Waals surface area contributed by atoms with Crippen molar-refractivity contribution in [1.82, 2.24) is 15.0 Å². The molecule has 3 heterocycles. The lowest BCUT2D eigenvalue weighted by atomic mass is 10.2. The normalized spacial score (nSPS) is 10.3. The number of hydrogen-bond acceptors (Lipinski definition) is 5. The fourth-order valence-corrected chi connectivity index (χ4v) is 2.47. The zero-order valence-corrected chi connectivity index (χ0v) is 11.6. The third-order valence-corrected chi connectivity index (χ3v) is 3.52. The van der Waals surface area contributed by atoms with Gasteiger partial charge < -0.3 is 4.98 Å². The van der Waals surface area contributed by atoms with Crippen LogP contribution in [0, 0.1) is 0 Å². The van der Waals surface area contributed by atoms with Gasteiger partial charge in [0, 0.05) is 29.5 Å². The predicted octanol–water partition coefficient (Wildman–Crippen LogP) is 2.15. The number of H-pyrrole nitrogens is 1. The van der Waals surface area contributed by atoms with Crippen molar-refractivity contribution in [3.63, 3.8) is 0 Å². The van der Waals surface area contributed by atoms with Crippen LogP contribution in [0.4, 0.5) is 5.13 Å². The van der Waals surface area contributed by atoms with E-state index in [4.69, 9.17) is 0 Å². The molecule has 0 atom stereocenters. The summed E-state index contributed by atoms with van der Waals surface area (Å²) in [6.45, 7) is 0. The zero-order chi connectivity index (χ0) is 14.7. The first-order valence-corrected chi connectivity index (χ1v) is 6.97. The van der Waals surface area contributed by atoms with Gasteiger partial charge in [0.15, 0.2) is 5.13 Å². The summed E-state index contributed by atoms with van der Waals surface area (Å²) in [6.07, 6.45) is 4.83. The van der Waals surface area contributed by atoms with E-state index in [2.05, 4.69) is 20.3 Å². The Balaban J connectivity index is 1.81. The maximum Gasteiger partial charge on any atom is 0.263 e. The molecule has 0 aliphatic heterocycles. The largest absolute Gasteiger partial charge is 0.328 e. The van der Waals surface area contributed by atoms with Crippen molar-refractivity contribution < 1.29 is 4.79 Å². The van der Waals surface area contributed by atoms with Gasteiger partial charge in [0.25, 0.3) is 11.5 Å². The summed E-state index contributed by atoms with van der Waals surface area (Å²) in [4.78, 5) is 34.3. The van der Waals surface area contributed by atoms with Gasteiger partial charge in [0.1, 0.15) is 5.56 Å². The maximum atomic E-state index is 12.0. The van der Waals surface area contributed by atoms with Crippen molar-refractivity contribution in [3.05, 3.63) is 64.2 Å². The van der Waals surface area contributed by atoms with E-state index in [-0.39, 0.29) is 5.56 Å². The van der Waals surface area contributed by atoms with Gasteiger partial charge in [-0.05, 0) is 24.3 Å². The first-order valence-electron chi connectivity index (χ1n) is 6.09. The van der Waals surface area contributed by atoms with E-state index in [0.717, 1.165) is 11.3 Å². The highest BCUT2D eigenvalue weighted by Crippen LogP contribution is 2.24. The van der Waals surface area contributed by atoms with Crippen LogP contribution in [0.1, 0.15) is 10.4 Å². The second-order valence-electron chi connectivity index (χ2n) is 4.14. The molecule has 0 spiro atoms. The second-order valence-corrected chi connectivity index (χ2v) is 5.00. The number of anilines is 1. The van der Waals surface area contributed by atoms with Gasteiger partial charge in [-0.2, -0.15) is 0 Å². The minimum Gasteiger partial charge on any atom is -0.328 e. The Bertz CT molecular complexity index is 826. The molecular weight excluding hydrogens is 288 g/mol. The SMILES string of the molecule is O=C(Nc1nc(-c2ccncc2)cs1)c1ccc[nH]c1=O. The fraction of sp³-hybridized carbons (Fsp3) is 0. The van der Waals surface area contributed by atoms with Gasteiger partial charge >= 0.3 is 0 Å². The van der Waals surface area contributed by atoms with Crippen LogP contribution in [0.5, 0.6) is 0 Å². The van der Waals surface area contributed by atoms with Gasteiger partial charge in [0.2, 0.25) is 0 Å². The molecule has 0 bridgehead atoms. The first-order chi connectivity index (χ1) is 10.2. The lowest BCUT2D eigenvalue weighted by Crippen LogP contribution is -2.22. The number of pyridine rings is 2. The van der Waals surface area contributed by atoms with Crippen LogP contribution in [-0.2, 0) is 0 Å². The molecule has 1 amide bonds. The van der Waals surface area contributed by atoms with Gasteiger partial charge in [-0.25, -0.2) is 4.98 Å². The van der Waals surface area contributed by atoms with Crippen LogP contribution >= 0.6 is 11.3 Å². The third-order valence-electron chi connectivity index (χ3n) is 2.76. The number of rotatable bonds is 3. The molecule has 0 radical (unpaired) electrons. The molecule has 0 fully saturated rings. The number of thiazole rings is 1. The zero-order valence-electron chi connectivity index (χ0n) is 10.7. The van der Waals surface area contributed by atoms with E-state index in [0.29, 0.717) is 5.13 Å². The summed E-state index contributed by atoms with van der Waals surface area (Å²) in [5.41, 5.74) is 1.29. The Kier molecular flexibility index (Phi) is 3.57. The number of nitrogens with one attached hydrogen (secondary N) is 2. The van der Waals surface area contributed by atoms with Crippen LogP contribution in [0.15, 0.2) is 53.0 Å². The molecule has 0 saturated carbocycles. The average molecular weight is 298 g/mol. The summed E-state index contributed by atoms with van der Waals surface area (Å²) in [7, 11) is 0. The monoisotopic (exact) mass is 298 g/mol. The lowest BCUT2D eigenvalue weighted by Gasteiger charge is -2.00. The molecule has 0 unspecified atom stereocenters. The van der Waals surface area contributed by atoms with Crippen LogP contribution in [0.2, 0.25) is 0 Å². The molecule has 0 saturated heterocycles. The number of hydrogen-bond donors (Lipinski definition) is 2.